The molecule has 0 radical (unpaired) electrons. The molecule has 4 nitrogen and oxygen atoms in total. The molecule has 2 amide bonds. The summed E-state index contributed by atoms with van der Waals surface area (Å²) in [6.45, 7) is 7.39. The van der Waals surface area contributed by atoms with Crippen molar-refractivity contribution in [2.24, 2.45) is 17.8 Å². The summed E-state index contributed by atoms with van der Waals surface area (Å²) in [5.74, 6) is 2.57. The molecule has 2 N–H and O–H groups in total. The molecule has 0 atom stereocenters. The fraction of sp³-hybridized carbons (Fsp3) is 0.824. The lowest BCUT2D eigenvalue weighted by atomic mass is 9.53. The monoisotopic (exact) mass is 292 g/mol. The van der Waals surface area contributed by atoms with E-state index in [9.17, 15) is 4.79 Å². The summed E-state index contributed by atoms with van der Waals surface area (Å²) in [5.41, 5.74) is 1.10. The van der Waals surface area contributed by atoms with Crippen LogP contribution in [0.1, 0.15) is 45.4 Å². The molecule has 0 aromatic carbocycles. The van der Waals surface area contributed by atoms with Crippen molar-refractivity contribution in [3.05, 3.63) is 12.2 Å². The number of rotatable bonds is 6. The molecular formula is C17H28N2O2. The molecular weight excluding hydrogens is 264 g/mol. The van der Waals surface area contributed by atoms with Gasteiger partial charge in [-0.15, -0.1) is 0 Å². The van der Waals surface area contributed by atoms with Crippen molar-refractivity contribution in [3.8, 4) is 0 Å². The smallest absolute Gasteiger partial charge is 0.315 e. The second-order valence-corrected chi connectivity index (χ2v) is 7.59. The van der Waals surface area contributed by atoms with Gasteiger partial charge in [0.2, 0.25) is 0 Å². The van der Waals surface area contributed by atoms with E-state index in [0.29, 0.717) is 19.8 Å². The Morgan fingerprint density at radius 3 is 2.29 bits per heavy atom. The zero-order valence-corrected chi connectivity index (χ0v) is 13.1. The van der Waals surface area contributed by atoms with Crippen LogP contribution in [0.25, 0.3) is 0 Å². The number of urea groups is 1. The highest BCUT2D eigenvalue weighted by atomic mass is 16.5. The summed E-state index contributed by atoms with van der Waals surface area (Å²) in [6.07, 6.45) is 7.78. The van der Waals surface area contributed by atoms with Crippen LogP contribution in [0.15, 0.2) is 12.2 Å². The van der Waals surface area contributed by atoms with Crippen LogP contribution < -0.4 is 10.6 Å². The van der Waals surface area contributed by atoms with Gasteiger partial charge in [0.25, 0.3) is 0 Å². The van der Waals surface area contributed by atoms with E-state index < -0.39 is 0 Å². The topological polar surface area (TPSA) is 50.4 Å². The van der Waals surface area contributed by atoms with Gasteiger partial charge in [0, 0.05) is 12.1 Å². The van der Waals surface area contributed by atoms with Crippen LogP contribution in [0.3, 0.4) is 0 Å². The Balaban J connectivity index is 1.41. The van der Waals surface area contributed by atoms with E-state index in [-0.39, 0.29) is 11.6 Å². The summed E-state index contributed by atoms with van der Waals surface area (Å²) < 4.78 is 5.40. The summed E-state index contributed by atoms with van der Waals surface area (Å²) >= 11 is 0. The summed E-state index contributed by atoms with van der Waals surface area (Å²) in [4.78, 5) is 12.1. The molecule has 0 heterocycles. The number of ether oxygens (including phenoxy) is 1. The molecule has 0 aliphatic heterocycles. The van der Waals surface area contributed by atoms with Crippen LogP contribution in [0.4, 0.5) is 4.79 Å². The number of amides is 2. The first-order chi connectivity index (χ1) is 10.0. The summed E-state index contributed by atoms with van der Waals surface area (Å²) in [6, 6.07) is -0.0177. The molecule has 4 bridgehead atoms. The van der Waals surface area contributed by atoms with E-state index in [1.54, 1.807) is 0 Å². The molecule has 0 spiro atoms. The van der Waals surface area contributed by atoms with E-state index in [1.807, 2.05) is 6.92 Å². The molecule has 0 unspecified atom stereocenters. The molecule has 0 aromatic heterocycles. The highest BCUT2D eigenvalue weighted by Crippen LogP contribution is 2.55. The fourth-order valence-corrected chi connectivity index (χ4v) is 5.03. The number of carbonyl (C=O) groups excluding carboxylic acids is 1. The van der Waals surface area contributed by atoms with E-state index in [2.05, 4.69) is 17.2 Å². The Bertz CT molecular complexity index is 384. The Hall–Kier alpha value is -1.03. The van der Waals surface area contributed by atoms with Gasteiger partial charge >= 0.3 is 6.03 Å². The van der Waals surface area contributed by atoms with Crippen LogP contribution in [0.5, 0.6) is 0 Å². The average molecular weight is 292 g/mol. The minimum Gasteiger partial charge on any atom is -0.375 e. The van der Waals surface area contributed by atoms with E-state index >= 15 is 0 Å². The predicted octanol–water partition coefficient (Wildman–Crippen LogP) is 2.85. The van der Waals surface area contributed by atoms with Gasteiger partial charge in [-0.2, -0.15) is 0 Å². The van der Waals surface area contributed by atoms with Gasteiger partial charge in [0.15, 0.2) is 0 Å². The molecule has 118 valence electrons. The van der Waals surface area contributed by atoms with Crippen molar-refractivity contribution in [1.29, 1.82) is 0 Å². The first-order valence-corrected chi connectivity index (χ1v) is 8.33. The second-order valence-electron chi connectivity index (χ2n) is 7.59. The Labute approximate surface area is 127 Å². The number of carbonyl (C=O) groups is 1. The van der Waals surface area contributed by atoms with Crippen LogP contribution >= 0.6 is 0 Å². The molecule has 4 aliphatic rings. The van der Waals surface area contributed by atoms with Crippen molar-refractivity contribution in [2.45, 2.75) is 51.0 Å². The molecule has 21 heavy (non-hydrogen) atoms. The maximum absolute atomic E-state index is 12.1. The predicted molar refractivity (Wildman–Crippen MR) is 83.1 cm³/mol. The standard InChI is InChI=1S/C17H28N2O2/c1-12(2)11-21-4-3-18-16(20)19-17-8-13-5-14(9-17)7-15(6-13)10-17/h13-15H,1,3-11H2,2H3,(H2,18,19,20). The van der Waals surface area contributed by atoms with Crippen molar-refractivity contribution < 1.29 is 9.53 Å². The van der Waals surface area contributed by atoms with Gasteiger partial charge in [-0.05, 0) is 63.2 Å². The minimum absolute atomic E-state index is 0.0177. The third-order valence-electron chi connectivity index (χ3n) is 5.30. The highest BCUT2D eigenvalue weighted by molar-refractivity contribution is 5.74. The molecule has 4 aliphatic carbocycles. The molecule has 0 saturated heterocycles. The maximum atomic E-state index is 12.1. The Kier molecular flexibility index (Phi) is 4.25. The maximum Gasteiger partial charge on any atom is 0.315 e. The third-order valence-corrected chi connectivity index (χ3v) is 5.30. The third kappa shape index (κ3) is 3.60. The zero-order valence-electron chi connectivity index (χ0n) is 13.1. The van der Waals surface area contributed by atoms with Gasteiger partial charge in [-0.25, -0.2) is 4.79 Å². The number of hydrogen-bond acceptors (Lipinski definition) is 2. The van der Waals surface area contributed by atoms with Gasteiger partial charge in [0.05, 0.1) is 13.2 Å². The van der Waals surface area contributed by atoms with E-state index in [4.69, 9.17) is 4.74 Å². The Morgan fingerprint density at radius 1 is 1.19 bits per heavy atom. The molecule has 4 saturated carbocycles. The van der Waals surface area contributed by atoms with Crippen LogP contribution in [0, 0.1) is 17.8 Å². The van der Waals surface area contributed by atoms with Gasteiger partial charge in [0.1, 0.15) is 0 Å². The van der Waals surface area contributed by atoms with Crippen molar-refractivity contribution in [3.63, 3.8) is 0 Å². The summed E-state index contributed by atoms with van der Waals surface area (Å²) in [5, 5.41) is 6.23. The van der Waals surface area contributed by atoms with Crippen LogP contribution in [-0.2, 0) is 4.74 Å². The van der Waals surface area contributed by atoms with Crippen molar-refractivity contribution >= 4 is 6.03 Å². The van der Waals surface area contributed by atoms with Crippen molar-refractivity contribution in [2.75, 3.05) is 19.8 Å². The fourth-order valence-electron chi connectivity index (χ4n) is 5.03. The Morgan fingerprint density at radius 2 is 1.76 bits per heavy atom. The lowest BCUT2D eigenvalue weighted by molar-refractivity contribution is -0.0136. The first kappa shape index (κ1) is 14.9. The van der Waals surface area contributed by atoms with E-state index in [1.165, 1.54) is 38.5 Å². The van der Waals surface area contributed by atoms with Crippen LogP contribution in [-0.4, -0.2) is 31.3 Å². The first-order valence-electron chi connectivity index (χ1n) is 8.33. The lowest BCUT2D eigenvalue weighted by Crippen LogP contribution is -2.61. The number of nitrogens with one attached hydrogen (secondary N) is 2. The van der Waals surface area contributed by atoms with Gasteiger partial charge in [-0.3, -0.25) is 0 Å². The van der Waals surface area contributed by atoms with Crippen LogP contribution in [0.2, 0.25) is 0 Å². The largest absolute Gasteiger partial charge is 0.375 e. The number of hydrogen-bond donors (Lipinski definition) is 2. The quantitative estimate of drug-likeness (QED) is 0.584. The minimum atomic E-state index is -0.0177. The highest BCUT2D eigenvalue weighted by Gasteiger charge is 2.51. The molecule has 4 rings (SSSR count). The molecule has 4 heteroatoms. The van der Waals surface area contributed by atoms with E-state index in [0.717, 1.165) is 23.3 Å². The summed E-state index contributed by atoms with van der Waals surface area (Å²) in [7, 11) is 0. The SMILES string of the molecule is C=C(C)COCCNC(=O)NC12CC3CC(CC(C3)C1)C2. The second kappa shape index (κ2) is 5.99. The van der Waals surface area contributed by atoms with Crippen molar-refractivity contribution in [1.82, 2.24) is 10.6 Å². The molecule has 4 fully saturated rings. The molecule has 0 aromatic rings. The lowest BCUT2D eigenvalue weighted by Gasteiger charge is -2.56. The van der Waals surface area contributed by atoms with Gasteiger partial charge in [-0.1, -0.05) is 12.2 Å². The normalized spacial score (nSPS) is 36.5. The van der Waals surface area contributed by atoms with Gasteiger partial charge < -0.3 is 15.4 Å². The average Bonchev–Trinajstić information content (AvgIpc) is 2.35. The zero-order chi connectivity index (χ0) is 14.9.